The Kier molecular flexibility index (Phi) is 4.63. The lowest BCUT2D eigenvalue weighted by atomic mass is 9.83. The van der Waals surface area contributed by atoms with E-state index < -0.39 is 0 Å². The van der Waals surface area contributed by atoms with Gasteiger partial charge in [0.2, 0.25) is 5.91 Å². The van der Waals surface area contributed by atoms with Crippen LogP contribution >= 0.6 is 0 Å². The molecule has 1 saturated heterocycles. The highest BCUT2D eigenvalue weighted by Gasteiger charge is 2.39. The third-order valence-corrected chi connectivity index (χ3v) is 4.18. The number of benzene rings is 1. The minimum absolute atomic E-state index is 0.0319. The monoisotopic (exact) mass is 289 g/mol. The van der Waals surface area contributed by atoms with Crippen LogP contribution < -0.4 is 10.6 Å². The molecule has 1 aliphatic heterocycles. The number of nitrogens with one attached hydrogen (secondary N) is 2. The van der Waals surface area contributed by atoms with E-state index in [1.54, 1.807) is 32.3 Å². The van der Waals surface area contributed by atoms with Crippen LogP contribution in [0, 0.1) is 5.41 Å². The van der Waals surface area contributed by atoms with Gasteiger partial charge in [-0.1, -0.05) is 13.0 Å². The molecule has 1 unspecified atom stereocenters. The maximum absolute atomic E-state index is 12.5. The molecule has 1 atom stereocenters. The molecule has 0 bridgehead atoms. The summed E-state index contributed by atoms with van der Waals surface area (Å²) in [6.45, 7) is 3.63. The maximum Gasteiger partial charge on any atom is 0.253 e. The molecule has 1 heterocycles. The predicted molar refractivity (Wildman–Crippen MR) is 83.3 cm³/mol. The number of carbonyl (C=O) groups is 2. The van der Waals surface area contributed by atoms with Gasteiger partial charge in [0.05, 0.1) is 5.41 Å². The first-order valence-electron chi connectivity index (χ1n) is 7.32. The van der Waals surface area contributed by atoms with Crippen molar-refractivity contribution in [2.24, 2.45) is 5.41 Å². The number of hydrogen-bond donors (Lipinski definition) is 2. The van der Waals surface area contributed by atoms with E-state index in [4.69, 9.17) is 0 Å². The van der Waals surface area contributed by atoms with Crippen LogP contribution in [0.25, 0.3) is 0 Å². The topological polar surface area (TPSA) is 61.4 Å². The SMILES string of the molecule is CCC1(C(=O)Nc2cccc(C(=O)N(C)C)c2)CCNC1. The quantitative estimate of drug-likeness (QED) is 0.887. The van der Waals surface area contributed by atoms with Gasteiger partial charge in [-0.15, -0.1) is 0 Å². The van der Waals surface area contributed by atoms with E-state index in [2.05, 4.69) is 10.6 Å². The summed E-state index contributed by atoms with van der Waals surface area (Å²) in [5, 5.41) is 6.21. The molecule has 0 saturated carbocycles. The summed E-state index contributed by atoms with van der Waals surface area (Å²) in [5.41, 5.74) is 0.919. The van der Waals surface area contributed by atoms with Crippen molar-refractivity contribution in [2.45, 2.75) is 19.8 Å². The summed E-state index contributed by atoms with van der Waals surface area (Å²) in [4.78, 5) is 26.0. The van der Waals surface area contributed by atoms with Crippen LogP contribution in [0.15, 0.2) is 24.3 Å². The first-order chi connectivity index (χ1) is 9.98. The van der Waals surface area contributed by atoms with Gasteiger partial charge in [0.15, 0.2) is 0 Å². The van der Waals surface area contributed by atoms with Crippen molar-refractivity contribution in [3.05, 3.63) is 29.8 Å². The van der Waals surface area contributed by atoms with E-state index in [1.807, 2.05) is 13.0 Å². The standard InChI is InChI=1S/C16H23N3O2/c1-4-16(8-9-17-11-16)15(21)18-13-7-5-6-12(10-13)14(20)19(2)3/h5-7,10,17H,4,8-9,11H2,1-3H3,(H,18,21). The Balaban J connectivity index is 2.14. The number of carbonyl (C=O) groups excluding carboxylic acids is 2. The highest BCUT2D eigenvalue weighted by molar-refractivity contribution is 5.98. The average molecular weight is 289 g/mol. The van der Waals surface area contributed by atoms with Gasteiger partial charge in [-0.3, -0.25) is 9.59 Å². The zero-order valence-electron chi connectivity index (χ0n) is 12.9. The predicted octanol–water partition coefficient (Wildman–Crippen LogP) is 1.72. The van der Waals surface area contributed by atoms with Crippen molar-refractivity contribution < 1.29 is 9.59 Å². The van der Waals surface area contributed by atoms with Crippen LogP contribution in [0.3, 0.4) is 0 Å². The first-order valence-corrected chi connectivity index (χ1v) is 7.32. The molecule has 0 aromatic heterocycles. The van der Waals surface area contributed by atoms with Gasteiger partial charge in [-0.25, -0.2) is 0 Å². The van der Waals surface area contributed by atoms with E-state index in [-0.39, 0.29) is 17.2 Å². The second-order valence-electron chi connectivity index (χ2n) is 5.80. The molecule has 2 rings (SSSR count). The molecule has 0 spiro atoms. The fourth-order valence-corrected chi connectivity index (χ4v) is 2.65. The van der Waals surface area contributed by atoms with Crippen LogP contribution in [-0.2, 0) is 4.79 Å². The molecule has 5 heteroatoms. The van der Waals surface area contributed by atoms with Gasteiger partial charge in [0.1, 0.15) is 0 Å². The Morgan fingerprint density at radius 3 is 2.71 bits per heavy atom. The Morgan fingerprint density at radius 2 is 2.14 bits per heavy atom. The number of hydrogen-bond acceptors (Lipinski definition) is 3. The fraction of sp³-hybridized carbons (Fsp3) is 0.500. The van der Waals surface area contributed by atoms with Crippen molar-refractivity contribution >= 4 is 17.5 Å². The third kappa shape index (κ3) is 3.24. The maximum atomic E-state index is 12.5. The van der Waals surface area contributed by atoms with E-state index in [0.717, 1.165) is 19.4 Å². The van der Waals surface area contributed by atoms with Gasteiger partial charge in [-0.05, 0) is 37.6 Å². The van der Waals surface area contributed by atoms with E-state index in [9.17, 15) is 9.59 Å². The van der Waals surface area contributed by atoms with Crippen LogP contribution in [-0.4, -0.2) is 43.9 Å². The lowest BCUT2D eigenvalue weighted by Gasteiger charge is -2.25. The summed E-state index contributed by atoms with van der Waals surface area (Å²) < 4.78 is 0. The van der Waals surface area contributed by atoms with E-state index in [1.165, 1.54) is 4.90 Å². The third-order valence-electron chi connectivity index (χ3n) is 4.18. The lowest BCUT2D eigenvalue weighted by Crippen LogP contribution is -2.37. The normalized spacial score (nSPS) is 21.1. The lowest BCUT2D eigenvalue weighted by molar-refractivity contribution is -0.124. The van der Waals surface area contributed by atoms with Gasteiger partial charge < -0.3 is 15.5 Å². The van der Waals surface area contributed by atoms with Crippen molar-refractivity contribution in [3.8, 4) is 0 Å². The summed E-state index contributed by atoms with van der Waals surface area (Å²) in [7, 11) is 3.42. The second kappa shape index (κ2) is 6.26. The van der Waals surface area contributed by atoms with Crippen molar-refractivity contribution in [2.75, 3.05) is 32.5 Å². The molecule has 0 radical (unpaired) electrons. The summed E-state index contributed by atoms with van der Waals surface area (Å²) >= 11 is 0. The van der Waals surface area contributed by atoms with Crippen LogP contribution in [0.5, 0.6) is 0 Å². The number of nitrogens with zero attached hydrogens (tertiary/aromatic N) is 1. The Morgan fingerprint density at radius 1 is 1.38 bits per heavy atom. The number of amides is 2. The zero-order chi connectivity index (χ0) is 15.5. The summed E-state index contributed by atoms with van der Waals surface area (Å²) in [6, 6.07) is 7.09. The van der Waals surface area contributed by atoms with Crippen LogP contribution in [0.4, 0.5) is 5.69 Å². The number of anilines is 1. The smallest absolute Gasteiger partial charge is 0.253 e. The molecule has 5 nitrogen and oxygen atoms in total. The molecule has 1 aromatic carbocycles. The average Bonchev–Trinajstić information content (AvgIpc) is 2.96. The van der Waals surface area contributed by atoms with Crippen molar-refractivity contribution in [3.63, 3.8) is 0 Å². The van der Waals surface area contributed by atoms with Gasteiger partial charge in [-0.2, -0.15) is 0 Å². The molecule has 21 heavy (non-hydrogen) atoms. The van der Waals surface area contributed by atoms with Gasteiger partial charge in [0, 0.05) is 31.9 Å². The van der Waals surface area contributed by atoms with E-state index >= 15 is 0 Å². The largest absolute Gasteiger partial charge is 0.345 e. The summed E-state index contributed by atoms with van der Waals surface area (Å²) in [6.07, 6.45) is 1.66. The molecular weight excluding hydrogens is 266 g/mol. The van der Waals surface area contributed by atoms with Gasteiger partial charge >= 0.3 is 0 Å². The molecule has 2 N–H and O–H groups in total. The molecule has 0 aliphatic carbocycles. The summed E-state index contributed by atoms with van der Waals surface area (Å²) in [5.74, 6) is -0.0386. The molecule has 1 aliphatic rings. The van der Waals surface area contributed by atoms with Gasteiger partial charge in [0.25, 0.3) is 5.91 Å². The van der Waals surface area contributed by atoms with E-state index in [0.29, 0.717) is 17.8 Å². The van der Waals surface area contributed by atoms with Crippen molar-refractivity contribution in [1.29, 1.82) is 0 Å². The molecule has 2 amide bonds. The van der Waals surface area contributed by atoms with Crippen LogP contribution in [0.2, 0.25) is 0 Å². The van der Waals surface area contributed by atoms with Crippen LogP contribution in [0.1, 0.15) is 30.1 Å². The second-order valence-corrected chi connectivity index (χ2v) is 5.80. The minimum atomic E-state index is -0.332. The first kappa shape index (κ1) is 15.5. The zero-order valence-corrected chi connectivity index (χ0v) is 12.9. The highest BCUT2D eigenvalue weighted by Crippen LogP contribution is 2.31. The molecule has 1 fully saturated rings. The Hall–Kier alpha value is -1.88. The molecule has 114 valence electrons. The Labute approximate surface area is 125 Å². The number of rotatable bonds is 4. The molecule has 1 aromatic rings. The molecular formula is C16H23N3O2. The highest BCUT2D eigenvalue weighted by atomic mass is 16.2. The minimum Gasteiger partial charge on any atom is -0.345 e. The fourth-order valence-electron chi connectivity index (χ4n) is 2.65. The Bertz CT molecular complexity index is 534. The van der Waals surface area contributed by atoms with Crippen molar-refractivity contribution in [1.82, 2.24) is 10.2 Å².